The second-order valence-corrected chi connectivity index (χ2v) is 16.8. The van der Waals surface area contributed by atoms with Crippen LogP contribution in [0.1, 0.15) is 64.8 Å². The maximum Gasteiger partial charge on any atom is 0.413 e. The molecule has 3 saturated heterocycles. The van der Waals surface area contributed by atoms with Crippen LogP contribution in [0.15, 0.2) is 48.8 Å². The van der Waals surface area contributed by atoms with Crippen LogP contribution in [-0.2, 0) is 14.3 Å². The van der Waals surface area contributed by atoms with E-state index in [2.05, 4.69) is 35.7 Å². The van der Waals surface area contributed by atoms with E-state index in [1.165, 1.54) is 12.3 Å². The number of aromatic nitrogens is 2. The predicted molar refractivity (Wildman–Crippen MR) is 214 cm³/mol. The Labute approximate surface area is 338 Å². The number of nitrogens with zero attached hydrogens (tertiary/aromatic N) is 5. The monoisotopic (exact) mass is 802 g/mol. The zero-order valence-electron chi connectivity index (χ0n) is 32.5. The first-order valence-electron chi connectivity index (χ1n) is 20.3. The highest BCUT2D eigenvalue weighted by atomic mass is 19.1. The Balaban J connectivity index is 0.684. The van der Waals surface area contributed by atoms with Crippen LogP contribution >= 0.6 is 0 Å². The van der Waals surface area contributed by atoms with E-state index in [-0.39, 0.29) is 29.9 Å². The molecule has 304 valence electrons. The van der Waals surface area contributed by atoms with Crippen molar-refractivity contribution in [2.75, 3.05) is 61.4 Å². The summed E-state index contributed by atoms with van der Waals surface area (Å²) in [5.41, 5.74) is 4.28. The van der Waals surface area contributed by atoms with Crippen LogP contribution in [0.2, 0.25) is 0 Å². The van der Waals surface area contributed by atoms with Crippen molar-refractivity contribution in [2.45, 2.75) is 57.6 Å². The van der Waals surface area contributed by atoms with Crippen molar-refractivity contribution in [1.82, 2.24) is 25.1 Å². The largest absolute Gasteiger partial charge is 0.474 e. The number of likely N-dealkylation sites (tertiary alicyclic amines) is 1. The van der Waals surface area contributed by atoms with Gasteiger partial charge < -0.3 is 24.6 Å². The van der Waals surface area contributed by atoms with Crippen LogP contribution in [-0.4, -0.2) is 108 Å². The summed E-state index contributed by atoms with van der Waals surface area (Å²) in [6.07, 6.45) is 6.40. The van der Waals surface area contributed by atoms with Crippen molar-refractivity contribution in [1.29, 1.82) is 0 Å². The maximum atomic E-state index is 15.3. The molecule has 10 rings (SSSR count). The van der Waals surface area contributed by atoms with Crippen LogP contribution in [0.3, 0.4) is 0 Å². The fourth-order valence-corrected chi connectivity index (χ4v) is 9.74. The van der Waals surface area contributed by atoms with Gasteiger partial charge >= 0.3 is 6.09 Å². The normalized spacial score (nSPS) is 21.6. The smallest absolute Gasteiger partial charge is 0.413 e. The Kier molecular flexibility index (Phi) is 8.99. The topological polar surface area (TPSA) is 175 Å². The Morgan fingerprint density at radius 1 is 0.966 bits per heavy atom. The Hall–Kier alpha value is -6.16. The van der Waals surface area contributed by atoms with Crippen molar-refractivity contribution in [3.63, 3.8) is 0 Å². The third kappa shape index (κ3) is 6.68. The van der Waals surface area contributed by atoms with Gasteiger partial charge in [-0.3, -0.25) is 34.7 Å². The van der Waals surface area contributed by atoms with E-state index < -0.39 is 41.6 Å². The number of imide groups is 2. The van der Waals surface area contributed by atoms with Gasteiger partial charge in [0.05, 0.1) is 11.1 Å². The molecule has 6 aliphatic rings. The Morgan fingerprint density at radius 3 is 2.56 bits per heavy atom. The summed E-state index contributed by atoms with van der Waals surface area (Å²) in [5, 5.41) is 9.62. The lowest BCUT2D eigenvalue weighted by Crippen LogP contribution is -2.55. The minimum Gasteiger partial charge on any atom is -0.474 e. The number of hydrogen-bond donors (Lipinski definition) is 3. The number of hydrogen-bond acceptors (Lipinski definition) is 12. The zero-order valence-corrected chi connectivity index (χ0v) is 32.5. The Bertz CT molecular complexity index is 2460. The molecule has 2 aromatic heterocycles. The second-order valence-electron chi connectivity index (χ2n) is 16.8. The van der Waals surface area contributed by atoms with Gasteiger partial charge in [-0.2, -0.15) is 0 Å². The molecule has 15 nitrogen and oxygen atoms in total. The van der Waals surface area contributed by atoms with Gasteiger partial charge in [0.25, 0.3) is 11.8 Å². The fraction of sp³-hybridized carbons (Fsp3) is 0.419. The standard InChI is InChI=1S/C43H43FN8O7/c1-23-32(19-47-39-37(23)45-8-11-58-39)30-12-25-14-35(46-18-26(25)13-33(30)44)48-42(57)59-28-16-43(17-28)6-9-50(10-7-43)20-24-21-51(22-24)27-2-3-29-31(15-27)41(56)52(40(29)55)34-4-5-36(53)49-38(34)54/h2-3,12-15,18-19,24,28,34,45H,4-11,16-17,20-22H2,1H3,(H,46,48,57)(H,49,53,54). The maximum absolute atomic E-state index is 15.3. The zero-order chi connectivity index (χ0) is 40.6. The number of fused-ring (bicyclic) bond motifs is 3. The minimum absolute atomic E-state index is 0.0841. The molecule has 1 atom stereocenters. The summed E-state index contributed by atoms with van der Waals surface area (Å²) in [4.78, 5) is 77.7. The van der Waals surface area contributed by atoms with Gasteiger partial charge in [0.15, 0.2) is 0 Å². The lowest BCUT2D eigenvalue weighted by atomic mass is 9.61. The summed E-state index contributed by atoms with van der Waals surface area (Å²) in [5.74, 6) is -1.10. The van der Waals surface area contributed by atoms with E-state index >= 15 is 4.39 Å². The highest BCUT2D eigenvalue weighted by Gasteiger charge is 2.48. The fourth-order valence-electron chi connectivity index (χ4n) is 9.74. The first kappa shape index (κ1) is 37.1. The number of halogens is 1. The Morgan fingerprint density at radius 2 is 1.76 bits per heavy atom. The van der Waals surface area contributed by atoms with Crippen LogP contribution in [0, 0.1) is 24.1 Å². The molecule has 7 heterocycles. The molecule has 4 fully saturated rings. The van der Waals surface area contributed by atoms with Crippen molar-refractivity contribution in [3.8, 4) is 17.0 Å². The first-order chi connectivity index (χ1) is 28.5. The number of amides is 5. The van der Waals surface area contributed by atoms with Gasteiger partial charge in [-0.1, -0.05) is 0 Å². The number of carbonyl (C=O) groups is 5. The highest BCUT2D eigenvalue weighted by Crippen LogP contribution is 2.50. The molecule has 5 aliphatic heterocycles. The quantitative estimate of drug-likeness (QED) is 0.217. The number of benzene rings is 2. The average molecular weight is 803 g/mol. The van der Waals surface area contributed by atoms with E-state index in [9.17, 15) is 24.0 Å². The molecular formula is C43H43FN8O7. The van der Waals surface area contributed by atoms with Crippen LogP contribution in [0.5, 0.6) is 5.88 Å². The van der Waals surface area contributed by atoms with Crippen LogP contribution in [0.4, 0.5) is 26.4 Å². The molecule has 5 amide bonds. The number of anilines is 3. The first-order valence-corrected chi connectivity index (χ1v) is 20.3. The number of pyridine rings is 2. The summed E-state index contributed by atoms with van der Waals surface area (Å²) in [6.45, 7) is 7.70. The molecule has 0 bridgehead atoms. The minimum atomic E-state index is -0.980. The number of ether oxygens (including phenoxy) is 2. The van der Waals surface area contributed by atoms with Crippen molar-refractivity contribution in [2.24, 2.45) is 11.3 Å². The van der Waals surface area contributed by atoms with Crippen molar-refractivity contribution < 1.29 is 37.8 Å². The van der Waals surface area contributed by atoms with Gasteiger partial charge in [-0.05, 0) is 105 Å². The van der Waals surface area contributed by atoms with Gasteiger partial charge in [0.1, 0.15) is 36.1 Å². The van der Waals surface area contributed by atoms with E-state index in [1.807, 2.05) is 13.0 Å². The number of carbonyl (C=O) groups excluding carboxylic acids is 5. The van der Waals surface area contributed by atoms with Crippen LogP contribution < -0.4 is 25.6 Å². The van der Waals surface area contributed by atoms with Gasteiger partial charge in [0, 0.05) is 73.1 Å². The molecule has 16 heteroatoms. The molecule has 0 radical (unpaired) electrons. The highest BCUT2D eigenvalue weighted by molar-refractivity contribution is 6.23. The average Bonchev–Trinajstić information content (AvgIpc) is 3.44. The number of piperidine rings is 2. The molecule has 1 saturated carbocycles. The third-order valence-electron chi connectivity index (χ3n) is 13.0. The molecule has 2 aromatic carbocycles. The van der Waals surface area contributed by atoms with Crippen LogP contribution in [0.25, 0.3) is 21.9 Å². The molecular weight excluding hydrogens is 760 g/mol. The second kappa shape index (κ2) is 14.3. The van der Waals surface area contributed by atoms with E-state index in [1.54, 1.807) is 30.5 Å². The SMILES string of the molecule is Cc1c(-c2cc3cc(NC(=O)OC4CC5(CCN(CC6CN(c7ccc8c(c7)C(=O)N(C7CCC(=O)NC7=O)C8=O)C6)CC5)C4)ncc3cc2F)cnc2c1NCCO2. The molecule has 59 heavy (non-hydrogen) atoms. The predicted octanol–water partition coefficient (Wildman–Crippen LogP) is 4.88. The van der Waals surface area contributed by atoms with E-state index in [0.717, 1.165) is 85.6 Å². The molecule has 1 aliphatic carbocycles. The molecule has 4 aromatic rings. The van der Waals surface area contributed by atoms with Crippen molar-refractivity contribution >= 4 is 57.7 Å². The summed E-state index contributed by atoms with van der Waals surface area (Å²) >= 11 is 0. The molecule has 1 spiro atoms. The number of nitrogens with one attached hydrogen (secondary N) is 3. The third-order valence-corrected chi connectivity index (χ3v) is 13.0. The summed E-state index contributed by atoms with van der Waals surface area (Å²) in [7, 11) is 0. The number of rotatable bonds is 7. The molecule has 1 unspecified atom stereocenters. The van der Waals surface area contributed by atoms with Gasteiger partial charge in [-0.15, -0.1) is 0 Å². The van der Waals surface area contributed by atoms with E-state index in [0.29, 0.717) is 52.8 Å². The lowest BCUT2D eigenvalue weighted by Gasteiger charge is -2.52. The van der Waals surface area contributed by atoms with E-state index in [4.69, 9.17) is 9.47 Å². The summed E-state index contributed by atoms with van der Waals surface area (Å²) < 4.78 is 26.8. The summed E-state index contributed by atoms with van der Waals surface area (Å²) in [6, 6.07) is 9.19. The lowest BCUT2D eigenvalue weighted by molar-refractivity contribution is -0.136. The van der Waals surface area contributed by atoms with Crippen molar-refractivity contribution in [3.05, 3.63) is 71.3 Å². The molecule has 3 N–H and O–H groups in total. The van der Waals surface area contributed by atoms with Gasteiger partial charge in [0.2, 0.25) is 17.7 Å². The van der Waals surface area contributed by atoms with Gasteiger partial charge in [-0.25, -0.2) is 19.2 Å².